The highest BCUT2D eigenvalue weighted by Gasteiger charge is 2.16. The van der Waals surface area contributed by atoms with E-state index in [-0.39, 0.29) is 11.7 Å². The molecule has 0 bridgehead atoms. The molecule has 19 heavy (non-hydrogen) atoms. The minimum absolute atomic E-state index is 0.252. The molecule has 1 heterocycles. The highest BCUT2D eigenvalue weighted by Crippen LogP contribution is 2.03. The first-order chi connectivity index (χ1) is 9.29. The van der Waals surface area contributed by atoms with Gasteiger partial charge >= 0.3 is 6.03 Å². The van der Waals surface area contributed by atoms with E-state index in [9.17, 15) is 9.59 Å². The molecule has 0 aromatic heterocycles. The van der Waals surface area contributed by atoms with Crippen molar-refractivity contribution >= 4 is 18.0 Å². The molecule has 2 rings (SSSR count). The number of rotatable bonds is 3. The number of urea groups is 1. The fourth-order valence-electron chi connectivity index (χ4n) is 1.86. The molecule has 100 valence electrons. The molecule has 0 saturated carbocycles. The largest absolute Gasteiger partial charge is 0.378 e. The van der Waals surface area contributed by atoms with Crippen molar-refractivity contribution in [2.24, 2.45) is 4.99 Å². The highest BCUT2D eigenvalue weighted by atomic mass is 16.5. The summed E-state index contributed by atoms with van der Waals surface area (Å²) >= 11 is 0. The van der Waals surface area contributed by atoms with Gasteiger partial charge in [-0.15, -0.1) is 0 Å². The smallest absolute Gasteiger partial charge is 0.344 e. The van der Waals surface area contributed by atoms with Crippen LogP contribution in [0.1, 0.15) is 5.56 Å². The standard InChI is InChI=1S/C14H16N2O3/c17-11-13(10-12-4-2-1-3-5-12)15-14(18)16-6-8-19-9-7-16/h1-5,11H,6-10H2. The summed E-state index contributed by atoms with van der Waals surface area (Å²) in [6, 6.07) is 9.13. The van der Waals surface area contributed by atoms with Crippen molar-refractivity contribution in [3.8, 4) is 0 Å². The van der Waals surface area contributed by atoms with E-state index < -0.39 is 0 Å². The first-order valence-electron chi connectivity index (χ1n) is 6.23. The van der Waals surface area contributed by atoms with Gasteiger partial charge in [-0.2, -0.15) is 4.99 Å². The zero-order valence-corrected chi connectivity index (χ0v) is 10.6. The Balaban J connectivity index is 2.01. The lowest BCUT2D eigenvalue weighted by Crippen LogP contribution is -2.39. The number of hydrogen-bond donors (Lipinski definition) is 0. The van der Waals surface area contributed by atoms with Gasteiger partial charge in [0, 0.05) is 19.5 Å². The molecule has 0 unspecified atom stereocenters. The van der Waals surface area contributed by atoms with Gasteiger partial charge in [0.1, 0.15) is 0 Å². The predicted molar refractivity (Wildman–Crippen MR) is 71.4 cm³/mol. The van der Waals surface area contributed by atoms with Crippen LogP contribution >= 0.6 is 0 Å². The summed E-state index contributed by atoms with van der Waals surface area (Å²) in [6.07, 6.45) is 1.02. The molecule has 1 aromatic carbocycles. The molecule has 1 aromatic rings. The molecule has 0 aliphatic carbocycles. The van der Waals surface area contributed by atoms with Gasteiger partial charge < -0.3 is 9.64 Å². The number of carbonyl (C=O) groups is 2. The fraction of sp³-hybridized carbons (Fsp3) is 0.357. The number of aldehydes is 1. The molecule has 0 atom stereocenters. The van der Waals surface area contributed by atoms with Crippen LogP contribution in [0.25, 0.3) is 0 Å². The van der Waals surface area contributed by atoms with Crippen molar-refractivity contribution in [1.29, 1.82) is 0 Å². The van der Waals surface area contributed by atoms with E-state index in [1.165, 1.54) is 0 Å². The molecule has 5 nitrogen and oxygen atoms in total. The van der Waals surface area contributed by atoms with E-state index >= 15 is 0 Å². The predicted octanol–water partition coefficient (Wildman–Crippen LogP) is 1.32. The fourth-order valence-corrected chi connectivity index (χ4v) is 1.86. The second-order valence-corrected chi connectivity index (χ2v) is 4.27. The maximum Gasteiger partial charge on any atom is 0.344 e. The minimum Gasteiger partial charge on any atom is -0.378 e. The van der Waals surface area contributed by atoms with Crippen LogP contribution in [0.4, 0.5) is 4.79 Å². The maximum absolute atomic E-state index is 11.9. The Morgan fingerprint density at radius 3 is 2.58 bits per heavy atom. The van der Waals surface area contributed by atoms with Gasteiger partial charge in [-0.3, -0.25) is 4.79 Å². The average Bonchev–Trinajstić information content (AvgIpc) is 2.48. The summed E-state index contributed by atoms with van der Waals surface area (Å²) in [4.78, 5) is 28.4. The van der Waals surface area contributed by atoms with Gasteiger partial charge in [-0.25, -0.2) is 4.79 Å². The monoisotopic (exact) mass is 260 g/mol. The average molecular weight is 260 g/mol. The van der Waals surface area contributed by atoms with Crippen LogP contribution in [0.2, 0.25) is 0 Å². The van der Waals surface area contributed by atoms with Crippen LogP contribution in [0.3, 0.4) is 0 Å². The van der Waals surface area contributed by atoms with Gasteiger partial charge in [-0.1, -0.05) is 30.3 Å². The van der Waals surface area contributed by atoms with Gasteiger partial charge in [0.15, 0.2) is 6.29 Å². The number of amides is 2. The lowest BCUT2D eigenvalue weighted by molar-refractivity contribution is -0.102. The zero-order valence-electron chi connectivity index (χ0n) is 10.6. The summed E-state index contributed by atoms with van der Waals surface area (Å²) < 4.78 is 5.16. The number of ether oxygens (including phenoxy) is 1. The van der Waals surface area contributed by atoms with Crippen molar-refractivity contribution in [3.63, 3.8) is 0 Å². The molecule has 2 amide bonds. The van der Waals surface area contributed by atoms with E-state index in [0.717, 1.165) is 5.56 Å². The molecule has 0 N–H and O–H groups in total. The van der Waals surface area contributed by atoms with Gasteiger partial charge in [0.05, 0.1) is 18.9 Å². The number of carbonyl (C=O) groups excluding carboxylic acids is 2. The Bertz CT molecular complexity index is 465. The molecule has 5 heteroatoms. The first-order valence-corrected chi connectivity index (χ1v) is 6.23. The summed E-state index contributed by atoms with van der Waals surface area (Å²) in [7, 11) is 0. The van der Waals surface area contributed by atoms with E-state index in [1.807, 2.05) is 30.3 Å². The van der Waals surface area contributed by atoms with Crippen molar-refractivity contribution in [2.45, 2.75) is 6.42 Å². The van der Waals surface area contributed by atoms with Gasteiger partial charge in [0.2, 0.25) is 0 Å². The SMILES string of the molecule is O=CC(Cc1ccccc1)=NC(=O)N1CCOCC1. The summed E-state index contributed by atoms with van der Waals surface area (Å²) in [5, 5.41) is 0. The van der Waals surface area contributed by atoms with E-state index in [0.29, 0.717) is 39.0 Å². The van der Waals surface area contributed by atoms with Crippen LogP contribution in [0.5, 0.6) is 0 Å². The van der Waals surface area contributed by atoms with Crippen molar-refractivity contribution in [1.82, 2.24) is 4.90 Å². The lowest BCUT2D eigenvalue weighted by atomic mass is 10.1. The number of morpholine rings is 1. The third-order valence-electron chi connectivity index (χ3n) is 2.88. The maximum atomic E-state index is 11.9. The third-order valence-corrected chi connectivity index (χ3v) is 2.88. The lowest BCUT2D eigenvalue weighted by Gasteiger charge is -2.24. The number of hydrogen-bond acceptors (Lipinski definition) is 3. The first kappa shape index (κ1) is 13.4. The van der Waals surface area contributed by atoms with Crippen LogP contribution in [0.15, 0.2) is 35.3 Å². The number of nitrogens with zero attached hydrogens (tertiary/aromatic N) is 2. The normalized spacial score (nSPS) is 16.2. The van der Waals surface area contributed by atoms with Gasteiger partial charge in [0.25, 0.3) is 0 Å². The zero-order chi connectivity index (χ0) is 13.5. The molecule has 1 fully saturated rings. The molecular weight excluding hydrogens is 244 g/mol. The summed E-state index contributed by atoms with van der Waals surface area (Å²) in [5.74, 6) is 0. The number of benzene rings is 1. The van der Waals surface area contributed by atoms with E-state index in [2.05, 4.69) is 4.99 Å². The second-order valence-electron chi connectivity index (χ2n) is 4.27. The Labute approximate surface area is 111 Å². The van der Waals surface area contributed by atoms with Crippen LogP contribution in [0, 0.1) is 0 Å². The van der Waals surface area contributed by atoms with Crippen molar-refractivity contribution < 1.29 is 14.3 Å². The minimum atomic E-state index is -0.360. The molecule has 0 radical (unpaired) electrons. The molecule has 1 aliphatic rings. The third kappa shape index (κ3) is 3.99. The van der Waals surface area contributed by atoms with Gasteiger partial charge in [-0.05, 0) is 5.56 Å². The summed E-state index contributed by atoms with van der Waals surface area (Å²) in [6.45, 7) is 2.10. The van der Waals surface area contributed by atoms with Crippen LogP contribution in [-0.4, -0.2) is 49.2 Å². The molecule has 0 spiro atoms. The Hall–Kier alpha value is -2.01. The van der Waals surface area contributed by atoms with Crippen LogP contribution < -0.4 is 0 Å². The Morgan fingerprint density at radius 1 is 1.26 bits per heavy atom. The topological polar surface area (TPSA) is 59.0 Å². The second kappa shape index (κ2) is 6.80. The quantitative estimate of drug-likeness (QED) is 0.608. The molecular formula is C14H16N2O3. The summed E-state index contributed by atoms with van der Waals surface area (Å²) in [5.41, 5.74) is 1.21. The Morgan fingerprint density at radius 2 is 1.95 bits per heavy atom. The van der Waals surface area contributed by atoms with Crippen LogP contribution in [-0.2, 0) is 16.0 Å². The molecule has 1 aliphatic heterocycles. The van der Waals surface area contributed by atoms with Crippen molar-refractivity contribution in [2.75, 3.05) is 26.3 Å². The number of aliphatic imine (C=N–C) groups is 1. The van der Waals surface area contributed by atoms with E-state index in [4.69, 9.17) is 4.74 Å². The van der Waals surface area contributed by atoms with E-state index in [1.54, 1.807) is 4.90 Å². The molecule has 1 saturated heterocycles. The van der Waals surface area contributed by atoms with Crippen molar-refractivity contribution in [3.05, 3.63) is 35.9 Å². The Kier molecular flexibility index (Phi) is 4.80. The highest BCUT2D eigenvalue weighted by molar-refractivity contribution is 6.30.